The number of hydrogen-bond acceptors (Lipinski definition) is 2. The van der Waals surface area contributed by atoms with Crippen LogP contribution in [0.15, 0.2) is 24.3 Å². The fourth-order valence-electron chi connectivity index (χ4n) is 3.35. The van der Waals surface area contributed by atoms with E-state index in [1.165, 1.54) is 5.56 Å². The summed E-state index contributed by atoms with van der Waals surface area (Å²) in [5.74, 6) is 0.994. The molecule has 0 radical (unpaired) electrons. The Balaban J connectivity index is 2.16. The second kappa shape index (κ2) is 7.67. The van der Waals surface area contributed by atoms with Crippen molar-refractivity contribution in [1.29, 1.82) is 0 Å². The molecule has 0 amide bonds. The van der Waals surface area contributed by atoms with Gasteiger partial charge in [0.15, 0.2) is 5.75 Å². The SMILES string of the molecule is CCC(CC)c1ccc(Cl)c2nc(Oc3c(C)cc(Cl)cc3Cl)n(C)c12. The molecule has 0 aliphatic heterocycles. The first-order valence-corrected chi connectivity index (χ1v) is 9.79. The lowest BCUT2D eigenvalue weighted by molar-refractivity contribution is 0.425. The zero-order valence-electron chi connectivity index (χ0n) is 15.2. The molecular weight excluding hydrogens is 391 g/mol. The zero-order chi connectivity index (χ0) is 19.0. The van der Waals surface area contributed by atoms with Crippen LogP contribution >= 0.6 is 34.8 Å². The van der Waals surface area contributed by atoms with E-state index in [1.807, 2.05) is 30.7 Å². The van der Waals surface area contributed by atoms with Crippen molar-refractivity contribution in [1.82, 2.24) is 9.55 Å². The van der Waals surface area contributed by atoms with Crippen molar-refractivity contribution >= 4 is 45.8 Å². The molecule has 0 unspecified atom stereocenters. The molecule has 0 saturated heterocycles. The third kappa shape index (κ3) is 3.40. The number of rotatable bonds is 5. The van der Waals surface area contributed by atoms with Gasteiger partial charge in [-0.25, -0.2) is 0 Å². The normalized spacial score (nSPS) is 11.5. The van der Waals surface area contributed by atoms with Gasteiger partial charge in [-0.2, -0.15) is 4.98 Å². The Morgan fingerprint density at radius 2 is 1.77 bits per heavy atom. The molecule has 0 fully saturated rings. The van der Waals surface area contributed by atoms with Crippen molar-refractivity contribution in [2.24, 2.45) is 7.05 Å². The predicted octanol–water partition coefficient (Wildman–Crippen LogP) is 7.54. The van der Waals surface area contributed by atoms with Crippen molar-refractivity contribution in [3.8, 4) is 11.8 Å². The first-order chi connectivity index (χ1) is 12.4. The Bertz CT molecular complexity index is 938. The lowest BCUT2D eigenvalue weighted by Crippen LogP contribution is -2.01. The maximum absolute atomic E-state index is 6.42. The molecule has 1 aromatic heterocycles. The molecule has 0 atom stereocenters. The Labute approximate surface area is 168 Å². The van der Waals surface area contributed by atoms with Crippen molar-refractivity contribution < 1.29 is 4.74 Å². The maximum atomic E-state index is 6.42. The average molecular weight is 412 g/mol. The summed E-state index contributed by atoms with van der Waals surface area (Å²) in [6, 6.07) is 7.93. The summed E-state index contributed by atoms with van der Waals surface area (Å²) >= 11 is 18.8. The topological polar surface area (TPSA) is 27.1 Å². The molecule has 0 aliphatic rings. The summed E-state index contributed by atoms with van der Waals surface area (Å²) in [4.78, 5) is 4.64. The average Bonchev–Trinajstić information content (AvgIpc) is 2.92. The highest BCUT2D eigenvalue weighted by Gasteiger charge is 2.21. The van der Waals surface area contributed by atoms with E-state index < -0.39 is 0 Å². The van der Waals surface area contributed by atoms with Crippen LogP contribution in [0.25, 0.3) is 11.0 Å². The van der Waals surface area contributed by atoms with Crippen LogP contribution in [0, 0.1) is 6.92 Å². The third-order valence-electron chi connectivity index (χ3n) is 4.78. The summed E-state index contributed by atoms with van der Waals surface area (Å²) in [6.45, 7) is 6.29. The second-order valence-electron chi connectivity index (χ2n) is 6.44. The highest BCUT2D eigenvalue weighted by molar-refractivity contribution is 6.36. The summed E-state index contributed by atoms with van der Waals surface area (Å²) < 4.78 is 8.01. The predicted molar refractivity (Wildman–Crippen MR) is 110 cm³/mol. The van der Waals surface area contributed by atoms with Gasteiger partial charge in [0.2, 0.25) is 0 Å². The molecule has 3 rings (SSSR count). The van der Waals surface area contributed by atoms with Crippen LogP contribution in [0.3, 0.4) is 0 Å². The molecule has 0 N–H and O–H groups in total. The number of fused-ring (bicyclic) bond motifs is 1. The fraction of sp³-hybridized carbons (Fsp3) is 0.350. The van der Waals surface area contributed by atoms with Gasteiger partial charge < -0.3 is 4.74 Å². The Kier molecular flexibility index (Phi) is 5.71. The maximum Gasteiger partial charge on any atom is 0.302 e. The van der Waals surface area contributed by atoms with Crippen LogP contribution in [0.2, 0.25) is 15.1 Å². The van der Waals surface area contributed by atoms with Crippen LogP contribution < -0.4 is 4.74 Å². The van der Waals surface area contributed by atoms with Gasteiger partial charge in [0.05, 0.1) is 15.6 Å². The summed E-state index contributed by atoms with van der Waals surface area (Å²) in [6.07, 6.45) is 2.10. The zero-order valence-corrected chi connectivity index (χ0v) is 17.5. The molecule has 1 heterocycles. The molecule has 0 aliphatic carbocycles. The Morgan fingerprint density at radius 1 is 1.08 bits per heavy atom. The highest BCUT2D eigenvalue weighted by Crippen LogP contribution is 2.39. The number of imidazole rings is 1. The number of ether oxygens (including phenoxy) is 1. The Hall–Kier alpha value is -1.42. The first-order valence-electron chi connectivity index (χ1n) is 8.65. The van der Waals surface area contributed by atoms with Crippen molar-refractivity contribution in [2.75, 3.05) is 0 Å². The highest BCUT2D eigenvalue weighted by atomic mass is 35.5. The van der Waals surface area contributed by atoms with Crippen LogP contribution in [0.5, 0.6) is 11.8 Å². The monoisotopic (exact) mass is 410 g/mol. The van der Waals surface area contributed by atoms with Gasteiger partial charge in [0.25, 0.3) is 0 Å². The van der Waals surface area contributed by atoms with Gasteiger partial charge in [0.1, 0.15) is 5.52 Å². The van der Waals surface area contributed by atoms with Gasteiger partial charge in [-0.15, -0.1) is 0 Å². The molecule has 0 bridgehead atoms. The van der Waals surface area contributed by atoms with Crippen LogP contribution in [-0.2, 0) is 7.05 Å². The van der Waals surface area contributed by atoms with Crippen LogP contribution in [0.4, 0.5) is 0 Å². The lowest BCUT2D eigenvalue weighted by Gasteiger charge is -2.15. The number of halogens is 3. The number of aryl methyl sites for hydroxylation is 2. The van der Waals surface area contributed by atoms with Crippen LogP contribution in [-0.4, -0.2) is 9.55 Å². The molecular formula is C20H21Cl3N2O. The van der Waals surface area contributed by atoms with E-state index in [2.05, 4.69) is 24.9 Å². The minimum absolute atomic E-state index is 0.443. The molecule has 3 nitrogen and oxygen atoms in total. The van der Waals surface area contributed by atoms with E-state index in [1.54, 1.807) is 6.07 Å². The van der Waals surface area contributed by atoms with E-state index in [9.17, 15) is 0 Å². The van der Waals surface area contributed by atoms with E-state index >= 15 is 0 Å². The Morgan fingerprint density at radius 3 is 2.38 bits per heavy atom. The van der Waals surface area contributed by atoms with Crippen molar-refractivity contribution in [3.63, 3.8) is 0 Å². The van der Waals surface area contributed by atoms with Crippen LogP contribution in [0.1, 0.15) is 43.7 Å². The molecule has 0 spiro atoms. The number of aromatic nitrogens is 2. The van der Waals surface area contributed by atoms with Crippen molar-refractivity contribution in [2.45, 2.75) is 39.5 Å². The minimum Gasteiger partial charge on any atom is -0.424 e. The van der Waals surface area contributed by atoms with Gasteiger partial charge in [-0.05, 0) is 55.0 Å². The second-order valence-corrected chi connectivity index (χ2v) is 7.69. The largest absolute Gasteiger partial charge is 0.424 e. The van der Waals surface area contributed by atoms with E-state index in [0.717, 1.165) is 29.4 Å². The van der Waals surface area contributed by atoms with E-state index in [-0.39, 0.29) is 0 Å². The smallest absolute Gasteiger partial charge is 0.302 e. The summed E-state index contributed by atoms with van der Waals surface area (Å²) in [5.41, 5.74) is 3.83. The number of hydrogen-bond donors (Lipinski definition) is 0. The van der Waals surface area contributed by atoms with Gasteiger partial charge in [-0.1, -0.05) is 54.7 Å². The minimum atomic E-state index is 0.443. The van der Waals surface area contributed by atoms with Gasteiger partial charge in [-0.3, -0.25) is 4.57 Å². The summed E-state index contributed by atoms with van der Waals surface area (Å²) in [7, 11) is 1.94. The number of benzene rings is 2. The molecule has 26 heavy (non-hydrogen) atoms. The standard InChI is InChI=1S/C20H21Cl3N2O/c1-5-12(6-2)14-7-8-15(22)17-18(14)25(4)20(24-17)26-19-11(3)9-13(21)10-16(19)23/h7-10,12H,5-6H2,1-4H3. The summed E-state index contributed by atoms with van der Waals surface area (Å²) in [5, 5.41) is 1.64. The van der Waals surface area contributed by atoms with Gasteiger partial charge >= 0.3 is 6.01 Å². The van der Waals surface area contributed by atoms with Gasteiger partial charge in [0, 0.05) is 12.1 Å². The number of nitrogens with zero attached hydrogens (tertiary/aromatic N) is 2. The first kappa shape index (κ1) is 19.3. The molecule has 2 aromatic carbocycles. The lowest BCUT2D eigenvalue weighted by atomic mass is 9.93. The van der Waals surface area contributed by atoms with E-state index in [4.69, 9.17) is 39.5 Å². The molecule has 138 valence electrons. The van der Waals surface area contributed by atoms with E-state index in [0.29, 0.717) is 32.7 Å². The molecule has 0 saturated carbocycles. The fourth-order valence-corrected chi connectivity index (χ4v) is 4.18. The third-order valence-corrected chi connectivity index (χ3v) is 5.58. The quantitative estimate of drug-likeness (QED) is 0.433. The molecule has 3 aromatic rings. The molecule has 6 heteroatoms. The van der Waals surface area contributed by atoms with Crippen molar-refractivity contribution in [3.05, 3.63) is 50.5 Å².